The number of aromatic nitrogens is 4. The molecule has 7 N–H and O–H groups in total. The van der Waals surface area contributed by atoms with Crippen molar-refractivity contribution < 1.29 is 56.3 Å². The van der Waals surface area contributed by atoms with Gasteiger partial charge in [0, 0.05) is 6.42 Å². The average molecular weight is 491 g/mol. The smallest absolute Gasteiger partial charge is 0.388 e. The van der Waals surface area contributed by atoms with Crippen LogP contribution in [0.15, 0.2) is 12.7 Å². The minimum atomic E-state index is -5.62. The third-order valence-corrected chi connectivity index (χ3v) is 7.47. The zero-order valence-electron chi connectivity index (χ0n) is 14.6. The fourth-order valence-corrected chi connectivity index (χ4v) is 5.67. The fraction of sp³-hybridized carbons (Fsp3) is 0.500. The molecule has 3 heterocycles. The second-order valence-electron chi connectivity index (χ2n) is 5.92. The van der Waals surface area contributed by atoms with Crippen LogP contribution in [0.4, 0.5) is 5.82 Å². The van der Waals surface area contributed by atoms with Crippen LogP contribution in [0.1, 0.15) is 12.6 Å². The molecule has 0 aromatic carbocycles. The summed E-state index contributed by atoms with van der Waals surface area (Å²) in [6, 6.07) is 0. The number of hydrogen-bond donors (Lipinski definition) is 6. The molecule has 17 nitrogen and oxygen atoms in total. The van der Waals surface area contributed by atoms with Crippen LogP contribution in [-0.2, 0) is 31.6 Å². The Balaban J connectivity index is 1.63. The van der Waals surface area contributed by atoms with Crippen molar-refractivity contribution >= 4 is 40.4 Å². The van der Waals surface area contributed by atoms with Crippen molar-refractivity contribution in [1.29, 1.82) is 0 Å². The maximum atomic E-state index is 11.8. The van der Waals surface area contributed by atoms with Crippen LogP contribution in [0.3, 0.4) is 0 Å². The first-order chi connectivity index (χ1) is 13.8. The zero-order valence-corrected chi connectivity index (χ0v) is 17.3. The summed E-state index contributed by atoms with van der Waals surface area (Å²) in [7, 11) is -16.4. The van der Waals surface area contributed by atoms with Gasteiger partial charge >= 0.3 is 23.5 Å². The SMILES string of the molecule is Nc1ncnc2c1ncn2[C@@H]1O[C@H](COP(=O)(O)OP(=O)(O)OP(=O)(O)O)C[C@@H]1O. The van der Waals surface area contributed by atoms with Gasteiger partial charge in [-0.3, -0.25) is 9.09 Å². The third-order valence-electron chi connectivity index (χ3n) is 3.67. The monoisotopic (exact) mass is 491 g/mol. The Labute approximate surface area is 166 Å². The average Bonchev–Trinajstić information content (AvgIpc) is 3.13. The molecule has 1 aliphatic rings. The van der Waals surface area contributed by atoms with Gasteiger partial charge in [-0.05, 0) is 0 Å². The van der Waals surface area contributed by atoms with Crippen LogP contribution in [0.5, 0.6) is 0 Å². The number of aliphatic hydroxyl groups is 1. The van der Waals surface area contributed by atoms with E-state index in [2.05, 4.69) is 28.1 Å². The maximum Gasteiger partial charge on any atom is 0.490 e. The first-order valence-corrected chi connectivity index (χ1v) is 12.3. The Morgan fingerprint density at radius 3 is 2.50 bits per heavy atom. The van der Waals surface area contributed by atoms with Crippen molar-refractivity contribution in [2.45, 2.75) is 24.9 Å². The summed E-state index contributed by atoms with van der Waals surface area (Å²) in [5.41, 5.74) is 6.22. The Kier molecular flexibility index (Phi) is 6.47. The largest absolute Gasteiger partial charge is 0.490 e. The van der Waals surface area contributed by atoms with Gasteiger partial charge in [0.1, 0.15) is 17.9 Å². The summed E-state index contributed by atoms with van der Waals surface area (Å²) in [6.45, 7) is -0.693. The first kappa shape index (κ1) is 23.3. The number of phosphoric ester groups is 1. The Hall–Kier alpha value is -1.32. The third kappa shape index (κ3) is 5.68. The highest BCUT2D eigenvalue weighted by Gasteiger charge is 2.42. The number of nitrogens with two attached hydrogens (primary N) is 1. The van der Waals surface area contributed by atoms with Crippen LogP contribution >= 0.6 is 23.5 Å². The molecular weight excluding hydrogens is 475 g/mol. The summed E-state index contributed by atoms with van der Waals surface area (Å²) in [5, 5.41) is 10.2. The van der Waals surface area contributed by atoms with E-state index in [9.17, 15) is 23.7 Å². The van der Waals surface area contributed by atoms with Gasteiger partial charge < -0.3 is 35.2 Å². The molecule has 30 heavy (non-hydrogen) atoms. The molecule has 5 atom stereocenters. The van der Waals surface area contributed by atoms with Crippen molar-refractivity contribution in [2.24, 2.45) is 0 Å². The maximum absolute atomic E-state index is 11.8. The minimum absolute atomic E-state index is 0.0827. The van der Waals surface area contributed by atoms with Gasteiger partial charge in [-0.25, -0.2) is 28.6 Å². The Morgan fingerprint density at radius 1 is 1.13 bits per heavy atom. The highest BCUT2D eigenvalue weighted by atomic mass is 31.3. The van der Waals surface area contributed by atoms with E-state index in [1.54, 1.807) is 0 Å². The van der Waals surface area contributed by atoms with Crippen LogP contribution in [-0.4, -0.2) is 63.0 Å². The van der Waals surface area contributed by atoms with E-state index in [0.717, 1.165) is 0 Å². The molecular formula is C10H16N5O12P3. The van der Waals surface area contributed by atoms with Gasteiger partial charge in [-0.1, -0.05) is 0 Å². The lowest BCUT2D eigenvalue weighted by Gasteiger charge is -2.18. The lowest BCUT2D eigenvalue weighted by atomic mass is 10.2. The zero-order chi connectivity index (χ0) is 22.3. The molecule has 1 aliphatic heterocycles. The van der Waals surface area contributed by atoms with E-state index < -0.39 is 48.5 Å². The summed E-state index contributed by atoms with van der Waals surface area (Å²) in [5.74, 6) is 0.107. The normalized spacial score (nSPS) is 26.5. The molecule has 1 saturated heterocycles. The van der Waals surface area contributed by atoms with Crippen LogP contribution in [0.25, 0.3) is 11.2 Å². The second-order valence-corrected chi connectivity index (χ2v) is 10.3. The lowest BCUT2D eigenvalue weighted by molar-refractivity contribution is -0.0481. The number of aliphatic hydroxyl groups excluding tert-OH is 1. The summed E-state index contributed by atoms with van der Waals surface area (Å²) in [6.07, 6.45) is -0.711. The molecule has 20 heteroatoms. The van der Waals surface area contributed by atoms with Gasteiger partial charge in [0.2, 0.25) is 0 Å². The van der Waals surface area contributed by atoms with E-state index in [1.807, 2.05) is 0 Å². The van der Waals surface area contributed by atoms with Crippen molar-refractivity contribution in [3.63, 3.8) is 0 Å². The molecule has 2 unspecified atom stereocenters. The molecule has 0 aliphatic carbocycles. The number of fused-ring (bicyclic) bond motifs is 1. The van der Waals surface area contributed by atoms with E-state index >= 15 is 0 Å². The number of ether oxygens (including phenoxy) is 1. The van der Waals surface area contributed by atoms with Gasteiger partial charge in [0.15, 0.2) is 17.7 Å². The predicted octanol–water partition coefficient (Wildman–Crippen LogP) is -0.600. The second kappa shape index (κ2) is 8.31. The minimum Gasteiger partial charge on any atom is -0.388 e. The summed E-state index contributed by atoms with van der Waals surface area (Å²) >= 11 is 0. The van der Waals surface area contributed by atoms with E-state index in [4.69, 9.17) is 25.2 Å². The first-order valence-electron chi connectivity index (χ1n) is 7.81. The van der Waals surface area contributed by atoms with Gasteiger partial charge in [0.05, 0.1) is 19.0 Å². The van der Waals surface area contributed by atoms with Crippen LogP contribution in [0, 0.1) is 0 Å². The number of imidazole rings is 1. The highest BCUT2D eigenvalue weighted by Crippen LogP contribution is 2.66. The number of hydrogen-bond acceptors (Lipinski definition) is 12. The van der Waals surface area contributed by atoms with Crippen molar-refractivity contribution in [3.05, 3.63) is 12.7 Å². The van der Waals surface area contributed by atoms with Gasteiger partial charge in [-0.2, -0.15) is 8.62 Å². The molecule has 2 aromatic rings. The predicted molar refractivity (Wildman–Crippen MR) is 94.1 cm³/mol. The Bertz CT molecular complexity index is 1070. The quantitative estimate of drug-likeness (QED) is 0.252. The molecule has 3 rings (SSSR count). The number of phosphoric acid groups is 3. The molecule has 0 bridgehead atoms. The van der Waals surface area contributed by atoms with Crippen LogP contribution < -0.4 is 5.73 Å². The number of anilines is 1. The lowest BCUT2D eigenvalue weighted by Crippen LogP contribution is -2.19. The topological polar surface area (TPSA) is 259 Å². The standard InChI is InChI=1S/C10H16N5O12P3/c11-8-7-9(13-3-12-8)15(4-14-7)10-6(16)1-5(25-10)2-24-29(20,21)27-30(22,23)26-28(17,18)19/h3-6,10,16H,1-2H2,(H,20,21)(H,22,23)(H2,11,12,13)(H2,17,18,19)/t5-,6-,10+/m0/s1. The van der Waals surface area contributed by atoms with Gasteiger partial charge in [-0.15, -0.1) is 0 Å². The van der Waals surface area contributed by atoms with Crippen molar-refractivity contribution in [2.75, 3.05) is 12.3 Å². The number of rotatable bonds is 8. The molecule has 0 saturated carbocycles. The summed E-state index contributed by atoms with van der Waals surface area (Å²) in [4.78, 5) is 47.4. The fourth-order valence-electron chi connectivity index (χ4n) is 2.62. The molecule has 0 radical (unpaired) electrons. The van der Waals surface area contributed by atoms with E-state index in [-0.39, 0.29) is 23.4 Å². The molecule has 1 fully saturated rings. The number of nitrogen functional groups attached to an aromatic ring is 1. The Morgan fingerprint density at radius 2 is 1.83 bits per heavy atom. The van der Waals surface area contributed by atoms with Gasteiger partial charge in [0.25, 0.3) is 0 Å². The van der Waals surface area contributed by atoms with E-state index in [0.29, 0.717) is 0 Å². The molecule has 0 amide bonds. The molecule has 168 valence electrons. The van der Waals surface area contributed by atoms with E-state index in [1.165, 1.54) is 17.2 Å². The molecule has 2 aromatic heterocycles. The molecule has 0 spiro atoms. The van der Waals surface area contributed by atoms with Crippen molar-refractivity contribution in [1.82, 2.24) is 19.5 Å². The van der Waals surface area contributed by atoms with Crippen molar-refractivity contribution in [3.8, 4) is 0 Å². The number of nitrogens with zero attached hydrogens (tertiary/aromatic N) is 4. The summed E-state index contributed by atoms with van der Waals surface area (Å²) < 4.78 is 52.3. The highest BCUT2D eigenvalue weighted by molar-refractivity contribution is 7.66. The van der Waals surface area contributed by atoms with Crippen LogP contribution in [0.2, 0.25) is 0 Å².